The van der Waals surface area contributed by atoms with Crippen LogP contribution < -0.4 is 25.4 Å². The number of rotatable bonds is 10. The van der Waals surface area contributed by atoms with Gasteiger partial charge in [0.1, 0.15) is 17.2 Å². The smallest absolute Gasteiger partial charge is 0.228 e. The van der Waals surface area contributed by atoms with Gasteiger partial charge in [0.15, 0.2) is 17.3 Å². The second-order valence-corrected chi connectivity index (χ2v) is 8.85. The first kappa shape index (κ1) is 30.1. The van der Waals surface area contributed by atoms with Gasteiger partial charge in [0.05, 0.1) is 20.8 Å². The van der Waals surface area contributed by atoms with Crippen molar-refractivity contribution in [2.45, 2.75) is 12.5 Å². The van der Waals surface area contributed by atoms with Gasteiger partial charge < -0.3 is 35.1 Å². The molecule has 0 radical (unpaired) electrons. The molecule has 1 fully saturated rings. The lowest BCUT2D eigenvalue weighted by Crippen LogP contribution is -2.50. The molecular formula is C26H33ClF2N6O4. The molecule has 1 unspecified atom stereocenters. The Morgan fingerprint density at radius 2 is 1.77 bits per heavy atom. The van der Waals surface area contributed by atoms with Crippen molar-refractivity contribution in [3.8, 4) is 11.5 Å². The number of nitrogens with one attached hydrogen (secondary N) is 1. The predicted molar refractivity (Wildman–Crippen MR) is 147 cm³/mol. The van der Waals surface area contributed by atoms with Gasteiger partial charge in [-0.2, -0.15) is 4.98 Å². The summed E-state index contributed by atoms with van der Waals surface area (Å²) in [5.41, 5.74) is 7.01. The Labute approximate surface area is 231 Å². The van der Waals surface area contributed by atoms with Gasteiger partial charge in [-0.15, -0.1) is 12.4 Å². The summed E-state index contributed by atoms with van der Waals surface area (Å²) in [4.78, 5) is 25.6. The second-order valence-electron chi connectivity index (χ2n) is 8.85. The molecule has 0 spiro atoms. The zero-order valence-corrected chi connectivity index (χ0v) is 22.9. The van der Waals surface area contributed by atoms with Crippen LogP contribution in [0.2, 0.25) is 0 Å². The molecule has 1 amide bonds. The molecule has 3 aromatic rings. The first-order chi connectivity index (χ1) is 18.4. The molecule has 212 valence electrons. The topological polar surface area (TPSA) is 115 Å². The Hall–Kier alpha value is -3.48. The summed E-state index contributed by atoms with van der Waals surface area (Å²) in [6.45, 7) is 2.80. The van der Waals surface area contributed by atoms with Crippen molar-refractivity contribution in [2.24, 2.45) is 0 Å². The number of nitrogens with two attached hydrogens (primary N) is 1. The number of carbonyl (C=O) groups is 1. The second kappa shape index (κ2) is 13.5. The van der Waals surface area contributed by atoms with Gasteiger partial charge in [-0.05, 0) is 23.8 Å². The Bertz CT molecular complexity index is 1280. The number of ether oxygens (including phenoxy) is 3. The van der Waals surface area contributed by atoms with Gasteiger partial charge in [0.2, 0.25) is 11.9 Å². The van der Waals surface area contributed by atoms with Crippen LogP contribution in [0.25, 0.3) is 10.9 Å². The van der Waals surface area contributed by atoms with Crippen LogP contribution >= 0.6 is 12.4 Å². The van der Waals surface area contributed by atoms with Crippen LogP contribution in [0.4, 0.5) is 20.5 Å². The van der Waals surface area contributed by atoms with Crippen LogP contribution in [0, 0.1) is 11.6 Å². The van der Waals surface area contributed by atoms with E-state index in [1.54, 1.807) is 30.2 Å². The minimum Gasteiger partial charge on any atom is -0.493 e. The number of fused-ring (bicyclic) bond motifs is 1. The highest BCUT2D eigenvalue weighted by atomic mass is 35.5. The quantitative estimate of drug-likeness (QED) is 0.357. The fourth-order valence-electron chi connectivity index (χ4n) is 4.48. The van der Waals surface area contributed by atoms with Gasteiger partial charge in [-0.25, -0.2) is 13.8 Å². The van der Waals surface area contributed by atoms with E-state index in [9.17, 15) is 9.18 Å². The maximum absolute atomic E-state index is 15.1. The average Bonchev–Trinajstić information content (AvgIpc) is 2.93. The minimum absolute atomic E-state index is 0. The Morgan fingerprint density at radius 1 is 1.08 bits per heavy atom. The first-order valence-electron chi connectivity index (χ1n) is 12.2. The maximum atomic E-state index is 15.1. The highest BCUT2D eigenvalue weighted by Gasteiger charge is 2.27. The number of halogens is 3. The molecule has 1 atom stereocenters. The fraction of sp³-hybridized carbons (Fsp3) is 0.423. The summed E-state index contributed by atoms with van der Waals surface area (Å²) in [6, 6.07) is 7.38. The standard InChI is InChI=1S/C26H32F2N6O4.ClH/c1-36-13-8-30-19(16-4-6-17(27)7-5-16)15-21(35)33-9-11-34(12-10-33)26-31-23-18(25(29)32-26)14-20(37-2)24(38-3)22(23)28;/h4-7,14,19,30H,8-13,15H2,1-3H3,(H2,29,31,32);1H. The summed E-state index contributed by atoms with van der Waals surface area (Å²) in [5.74, 6) is -0.519. The zero-order chi connectivity index (χ0) is 27.2. The van der Waals surface area contributed by atoms with Gasteiger partial charge in [0, 0.05) is 57.7 Å². The van der Waals surface area contributed by atoms with E-state index in [1.165, 1.54) is 26.4 Å². The fourth-order valence-corrected chi connectivity index (χ4v) is 4.48. The van der Waals surface area contributed by atoms with Gasteiger partial charge in [-0.1, -0.05) is 12.1 Å². The molecule has 2 aromatic carbocycles. The normalized spacial score (nSPS) is 14.2. The molecule has 4 rings (SSSR count). The average molecular weight is 567 g/mol. The molecule has 1 aromatic heterocycles. The summed E-state index contributed by atoms with van der Waals surface area (Å²) in [6.07, 6.45) is 0.210. The van der Waals surface area contributed by atoms with E-state index in [0.717, 1.165) is 5.56 Å². The number of carbonyl (C=O) groups excluding carboxylic acids is 1. The predicted octanol–water partition coefficient (Wildman–Crippen LogP) is 2.95. The third-order valence-electron chi connectivity index (χ3n) is 6.56. The number of methoxy groups -OCH3 is 3. The summed E-state index contributed by atoms with van der Waals surface area (Å²) in [5, 5.41) is 3.64. The van der Waals surface area contributed by atoms with Crippen molar-refractivity contribution in [3.05, 3.63) is 47.5 Å². The SMILES string of the molecule is COCCNC(CC(=O)N1CCN(c2nc(N)c3cc(OC)c(OC)c(F)c3n2)CC1)c1ccc(F)cc1.Cl. The highest BCUT2D eigenvalue weighted by Crippen LogP contribution is 2.37. The van der Waals surface area contributed by atoms with E-state index >= 15 is 4.39 Å². The third kappa shape index (κ3) is 6.75. The summed E-state index contributed by atoms with van der Waals surface area (Å²) in [7, 11) is 4.36. The lowest BCUT2D eigenvalue weighted by atomic mass is 10.0. The van der Waals surface area contributed by atoms with Gasteiger partial charge >= 0.3 is 0 Å². The number of hydrogen-bond donors (Lipinski definition) is 2. The molecule has 13 heteroatoms. The number of piperazine rings is 1. The van der Waals surface area contributed by atoms with Crippen molar-refractivity contribution in [1.82, 2.24) is 20.2 Å². The molecule has 3 N–H and O–H groups in total. The van der Waals surface area contributed by atoms with Crippen LogP contribution in [-0.2, 0) is 9.53 Å². The van der Waals surface area contributed by atoms with Crippen LogP contribution in [0.1, 0.15) is 18.0 Å². The van der Waals surface area contributed by atoms with Crippen molar-refractivity contribution in [3.63, 3.8) is 0 Å². The molecule has 1 saturated heterocycles. The number of amides is 1. The van der Waals surface area contributed by atoms with Crippen molar-refractivity contribution in [2.75, 3.05) is 71.3 Å². The van der Waals surface area contributed by atoms with Crippen LogP contribution in [-0.4, -0.2) is 81.4 Å². The van der Waals surface area contributed by atoms with Crippen molar-refractivity contribution >= 4 is 41.0 Å². The van der Waals surface area contributed by atoms with Gasteiger partial charge in [0.25, 0.3) is 0 Å². The van der Waals surface area contributed by atoms with E-state index in [1.807, 2.05) is 4.90 Å². The molecule has 1 aliphatic heterocycles. The number of aromatic nitrogens is 2. The van der Waals surface area contributed by atoms with Crippen molar-refractivity contribution in [1.29, 1.82) is 0 Å². The molecular weight excluding hydrogens is 534 g/mol. The number of hydrogen-bond acceptors (Lipinski definition) is 9. The van der Waals surface area contributed by atoms with Crippen LogP contribution in [0.15, 0.2) is 30.3 Å². The molecule has 0 bridgehead atoms. The van der Waals surface area contributed by atoms with Crippen LogP contribution in [0.5, 0.6) is 11.5 Å². The number of nitrogens with zero attached hydrogens (tertiary/aromatic N) is 4. The Morgan fingerprint density at radius 3 is 2.38 bits per heavy atom. The zero-order valence-electron chi connectivity index (χ0n) is 22.1. The lowest BCUT2D eigenvalue weighted by Gasteiger charge is -2.35. The molecule has 10 nitrogen and oxygen atoms in total. The molecule has 0 saturated carbocycles. The van der Waals surface area contributed by atoms with Crippen LogP contribution in [0.3, 0.4) is 0 Å². The van der Waals surface area contributed by atoms with E-state index in [2.05, 4.69) is 15.3 Å². The Balaban J connectivity index is 0.00000420. The van der Waals surface area contributed by atoms with Crippen molar-refractivity contribution < 1.29 is 27.8 Å². The molecule has 2 heterocycles. The largest absolute Gasteiger partial charge is 0.493 e. The monoisotopic (exact) mass is 566 g/mol. The number of nitrogen functional groups attached to an aromatic ring is 1. The maximum Gasteiger partial charge on any atom is 0.228 e. The van der Waals surface area contributed by atoms with E-state index in [0.29, 0.717) is 44.7 Å². The van der Waals surface area contributed by atoms with Gasteiger partial charge in [-0.3, -0.25) is 4.79 Å². The Kier molecular flexibility index (Phi) is 10.4. The molecule has 1 aliphatic rings. The molecule has 0 aliphatic carbocycles. The van der Waals surface area contributed by atoms with E-state index in [4.69, 9.17) is 19.9 Å². The number of benzene rings is 2. The highest BCUT2D eigenvalue weighted by molar-refractivity contribution is 5.92. The summed E-state index contributed by atoms with van der Waals surface area (Å²) >= 11 is 0. The molecule has 39 heavy (non-hydrogen) atoms. The third-order valence-corrected chi connectivity index (χ3v) is 6.56. The first-order valence-corrected chi connectivity index (χ1v) is 12.2. The lowest BCUT2D eigenvalue weighted by molar-refractivity contribution is -0.132. The summed E-state index contributed by atoms with van der Waals surface area (Å²) < 4.78 is 44.0. The number of anilines is 2. The minimum atomic E-state index is -0.682. The van der Waals surface area contributed by atoms with E-state index in [-0.39, 0.29) is 65.4 Å². The van der Waals surface area contributed by atoms with E-state index < -0.39 is 5.82 Å².